The molecule has 0 unspecified atom stereocenters. The first-order valence-corrected chi connectivity index (χ1v) is 9.37. The number of nitrogens with zero attached hydrogens (tertiary/aromatic N) is 1. The van der Waals surface area contributed by atoms with Gasteiger partial charge in [0.25, 0.3) is 11.8 Å². The fourth-order valence-corrected chi connectivity index (χ4v) is 3.79. The summed E-state index contributed by atoms with van der Waals surface area (Å²) in [6.45, 7) is 1.17. The molecular weight excluding hydrogens is 372 g/mol. The highest BCUT2D eigenvalue weighted by atomic mass is 32.1. The number of esters is 1. The minimum absolute atomic E-state index is 0.341. The Morgan fingerprint density at radius 1 is 1.15 bits per heavy atom. The van der Waals surface area contributed by atoms with E-state index in [0.717, 1.165) is 10.6 Å². The van der Waals surface area contributed by atoms with Crippen LogP contribution in [-0.2, 0) is 9.53 Å². The van der Waals surface area contributed by atoms with Gasteiger partial charge in [-0.2, -0.15) is 11.3 Å². The van der Waals surface area contributed by atoms with Crippen molar-refractivity contribution in [2.24, 2.45) is 0 Å². The lowest BCUT2D eigenvalue weighted by molar-refractivity contribution is -0.123. The fraction of sp³-hybridized carbons (Fsp3) is 0.111. The van der Waals surface area contributed by atoms with Crippen LogP contribution in [0.25, 0.3) is 10.6 Å². The minimum atomic E-state index is -0.688. The average molecular weight is 386 g/mol. The van der Waals surface area contributed by atoms with Gasteiger partial charge in [-0.15, -0.1) is 11.3 Å². The number of carbonyl (C=O) groups excluding carboxylic acids is 3. The molecule has 3 aromatic rings. The molecule has 0 atom stereocenters. The SMILES string of the molecule is Cc1nc(-c2ccsc2)sc1C(=O)OCC(=O)NC(=O)c1ccccc1. The Balaban J connectivity index is 1.57. The highest BCUT2D eigenvalue weighted by Gasteiger charge is 2.19. The quantitative estimate of drug-likeness (QED) is 0.680. The van der Waals surface area contributed by atoms with E-state index in [1.165, 1.54) is 11.3 Å². The van der Waals surface area contributed by atoms with Crippen LogP contribution in [0.4, 0.5) is 0 Å². The first-order chi connectivity index (χ1) is 12.5. The van der Waals surface area contributed by atoms with Gasteiger partial charge in [-0.25, -0.2) is 9.78 Å². The Morgan fingerprint density at radius 3 is 2.62 bits per heavy atom. The Kier molecular flexibility index (Phi) is 5.55. The third kappa shape index (κ3) is 4.22. The monoisotopic (exact) mass is 386 g/mol. The molecule has 0 spiro atoms. The second-order valence-corrected chi connectivity index (χ2v) is 7.04. The van der Waals surface area contributed by atoms with Gasteiger partial charge < -0.3 is 4.74 Å². The van der Waals surface area contributed by atoms with Gasteiger partial charge in [-0.3, -0.25) is 14.9 Å². The van der Waals surface area contributed by atoms with Crippen LogP contribution in [-0.4, -0.2) is 29.4 Å². The molecule has 0 saturated heterocycles. The topological polar surface area (TPSA) is 85.4 Å². The predicted molar refractivity (Wildman–Crippen MR) is 99.4 cm³/mol. The van der Waals surface area contributed by atoms with Crippen LogP contribution in [0.2, 0.25) is 0 Å². The second kappa shape index (κ2) is 8.03. The zero-order valence-corrected chi connectivity index (χ0v) is 15.4. The number of aryl methyl sites for hydroxylation is 1. The minimum Gasteiger partial charge on any atom is -0.451 e. The molecule has 0 aliphatic carbocycles. The van der Waals surface area contributed by atoms with Crippen molar-refractivity contribution in [3.05, 3.63) is 63.3 Å². The van der Waals surface area contributed by atoms with Crippen LogP contribution in [0, 0.1) is 6.92 Å². The predicted octanol–water partition coefficient (Wildman–Crippen LogP) is 3.29. The molecule has 0 bridgehead atoms. The maximum Gasteiger partial charge on any atom is 0.350 e. The van der Waals surface area contributed by atoms with Crippen LogP contribution in [0.5, 0.6) is 0 Å². The number of thiazole rings is 1. The van der Waals surface area contributed by atoms with Crippen molar-refractivity contribution in [1.29, 1.82) is 0 Å². The van der Waals surface area contributed by atoms with Crippen LogP contribution in [0.1, 0.15) is 25.7 Å². The number of benzene rings is 1. The van der Waals surface area contributed by atoms with Gasteiger partial charge >= 0.3 is 5.97 Å². The van der Waals surface area contributed by atoms with E-state index in [-0.39, 0.29) is 0 Å². The number of carbonyl (C=O) groups is 3. The van der Waals surface area contributed by atoms with E-state index < -0.39 is 24.4 Å². The van der Waals surface area contributed by atoms with Gasteiger partial charge in [0, 0.05) is 16.5 Å². The van der Waals surface area contributed by atoms with E-state index in [0.29, 0.717) is 16.1 Å². The maximum absolute atomic E-state index is 12.2. The molecule has 2 heterocycles. The number of ether oxygens (including phenoxy) is 1. The van der Waals surface area contributed by atoms with Crippen LogP contribution in [0.15, 0.2) is 47.2 Å². The second-order valence-electron chi connectivity index (χ2n) is 5.27. The molecule has 2 aromatic heterocycles. The molecule has 0 aliphatic rings. The molecule has 2 amide bonds. The lowest BCUT2D eigenvalue weighted by atomic mass is 10.2. The Morgan fingerprint density at radius 2 is 1.92 bits per heavy atom. The van der Waals surface area contributed by atoms with Crippen molar-refractivity contribution in [3.63, 3.8) is 0 Å². The molecule has 0 saturated carbocycles. The van der Waals surface area contributed by atoms with Gasteiger partial charge in [-0.1, -0.05) is 18.2 Å². The summed E-state index contributed by atoms with van der Waals surface area (Å²) in [6.07, 6.45) is 0. The van der Waals surface area contributed by atoms with Crippen molar-refractivity contribution in [1.82, 2.24) is 10.3 Å². The highest BCUT2D eigenvalue weighted by Crippen LogP contribution is 2.29. The van der Waals surface area contributed by atoms with Gasteiger partial charge in [0.15, 0.2) is 6.61 Å². The molecule has 0 radical (unpaired) electrons. The van der Waals surface area contributed by atoms with E-state index in [4.69, 9.17) is 4.74 Å². The molecule has 6 nitrogen and oxygen atoms in total. The van der Waals surface area contributed by atoms with Crippen molar-refractivity contribution < 1.29 is 19.1 Å². The first kappa shape index (κ1) is 18.0. The van der Waals surface area contributed by atoms with E-state index in [1.54, 1.807) is 48.6 Å². The normalized spacial score (nSPS) is 10.3. The number of aromatic nitrogens is 1. The Bertz CT molecular complexity index is 934. The zero-order chi connectivity index (χ0) is 18.5. The molecule has 26 heavy (non-hydrogen) atoms. The van der Waals surface area contributed by atoms with E-state index in [2.05, 4.69) is 10.3 Å². The highest BCUT2D eigenvalue weighted by molar-refractivity contribution is 7.17. The summed E-state index contributed by atoms with van der Waals surface area (Å²) in [5.74, 6) is -1.86. The van der Waals surface area contributed by atoms with Crippen molar-refractivity contribution in [2.45, 2.75) is 6.92 Å². The molecular formula is C18H14N2O4S2. The number of rotatable bonds is 5. The summed E-state index contributed by atoms with van der Waals surface area (Å²) < 4.78 is 5.01. The molecule has 1 N–H and O–H groups in total. The number of thiophene rings is 1. The van der Waals surface area contributed by atoms with Crippen molar-refractivity contribution in [2.75, 3.05) is 6.61 Å². The van der Waals surface area contributed by atoms with E-state index >= 15 is 0 Å². The standard InChI is InChI=1S/C18H14N2O4S2/c1-11-15(26-17(19-11)13-7-8-25-10-13)18(23)24-9-14(21)20-16(22)12-5-3-2-4-6-12/h2-8,10H,9H2,1H3,(H,20,21,22). The number of nitrogens with one attached hydrogen (secondary N) is 1. The number of hydrogen-bond acceptors (Lipinski definition) is 7. The zero-order valence-electron chi connectivity index (χ0n) is 13.7. The molecule has 132 valence electrons. The molecule has 0 aliphatic heterocycles. The van der Waals surface area contributed by atoms with Crippen LogP contribution < -0.4 is 5.32 Å². The summed E-state index contributed by atoms with van der Waals surface area (Å²) in [5, 5.41) is 6.77. The van der Waals surface area contributed by atoms with Gasteiger partial charge in [0.2, 0.25) is 0 Å². The third-order valence-corrected chi connectivity index (χ3v) is 5.24. The molecule has 8 heteroatoms. The van der Waals surface area contributed by atoms with Crippen molar-refractivity contribution >= 4 is 40.5 Å². The first-order valence-electron chi connectivity index (χ1n) is 7.61. The number of amides is 2. The Hall–Kier alpha value is -2.84. The van der Waals surface area contributed by atoms with Crippen LogP contribution in [0.3, 0.4) is 0 Å². The summed E-state index contributed by atoms with van der Waals surface area (Å²) in [7, 11) is 0. The third-order valence-electron chi connectivity index (χ3n) is 3.37. The van der Waals surface area contributed by atoms with E-state index in [9.17, 15) is 14.4 Å². The van der Waals surface area contributed by atoms with Crippen LogP contribution >= 0.6 is 22.7 Å². The summed E-state index contributed by atoms with van der Waals surface area (Å²) in [6, 6.07) is 10.2. The maximum atomic E-state index is 12.2. The molecule has 0 fully saturated rings. The fourth-order valence-electron chi connectivity index (χ4n) is 2.12. The molecule has 3 rings (SSSR count). The van der Waals surface area contributed by atoms with Gasteiger partial charge in [0.05, 0.1) is 5.69 Å². The summed E-state index contributed by atoms with van der Waals surface area (Å²) >= 11 is 2.75. The van der Waals surface area contributed by atoms with Gasteiger partial charge in [-0.05, 0) is 30.5 Å². The lowest BCUT2D eigenvalue weighted by Crippen LogP contribution is -2.34. The Labute approximate surface area is 157 Å². The molecule has 1 aromatic carbocycles. The summed E-state index contributed by atoms with van der Waals surface area (Å²) in [5.41, 5.74) is 1.83. The van der Waals surface area contributed by atoms with Gasteiger partial charge in [0.1, 0.15) is 9.88 Å². The number of imide groups is 1. The smallest absolute Gasteiger partial charge is 0.350 e. The average Bonchev–Trinajstić information content (AvgIpc) is 3.30. The number of hydrogen-bond donors (Lipinski definition) is 1. The van der Waals surface area contributed by atoms with Crippen molar-refractivity contribution in [3.8, 4) is 10.6 Å². The summed E-state index contributed by atoms with van der Waals surface area (Å²) in [4.78, 5) is 40.6. The van der Waals surface area contributed by atoms with E-state index in [1.807, 2.05) is 16.8 Å². The lowest BCUT2D eigenvalue weighted by Gasteiger charge is -2.05. The largest absolute Gasteiger partial charge is 0.451 e.